The SMILES string of the molecule is O=C1CC[C@@H](C(=O)N2CCC(N3CCCC3)CC2)CN1Cc1ccccc1F. The van der Waals surface area contributed by atoms with E-state index in [2.05, 4.69) is 4.90 Å². The van der Waals surface area contributed by atoms with Gasteiger partial charge in [0, 0.05) is 44.2 Å². The number of hydrogen-bond acceptors (Lipinski definition) is 3. The second-order valence-corrected chi connectivity index (χ2v) is 8.40. The van der Waals surface area contributed by atoms with Crippen LogP contribution >= 0.6 is 0 Å². The molecule has 0 radical (unpaired) electrons. The Labute approximate surface area is 166 Å². The fourth-order valence-electron chi connectivity index (χ4n) is 4.92. The third kappa shape index (κ3) is 4.22. The van der Waals surface area contributed by atoms with Crippen LogP contribution in [-0.2, 0) is 16.1 Å². The Morgan fingerprint density at radius 3 is 2.46 bits per heavy atom. The molecule has 0 saturated carbocycles. The molecule has 0 unspecified atom stereocenters. The number of nitrogens with zero attached hydrogens (tertiary/aromatic N) is 3. The number of piperidine rings is 2. The van der Waals surface area contributed by atoms with Gasteiger partial charge in [-0.2, -0.15) is 0 Å². The largest absolute Gasteiger partial charge is 0.342 e. The van der Waals surface area contributed by atoms with Gasteiger partial charge >= 0.3 is 0 Å². The fraction of sp³-hybridized carbons (Fsp3) is 0.636. The molecule has 152 valence electrons. The van der Waals surface area contributed by atoms with Gasteiger partial charge in [0.15, 0.2) is 0 Å². The van der Waals surface area contributed by atoms with Crippen molar-refractivity contribution in [3.63, 3.8) is 0 Å². The average Bonchev–Trinajstić information content (AvgIpc) is 3.26. The van der Waals surface area contributed by atoms with Gasteiger partial charge in [-0.15, -0.1) is 0 Å². The normalized spacial score (nSPS) is 24.8. The van der Waals surface area contributed by atoms with Crippen molar-refractivity contribution in [2.75, 3.05) is 32.7 Å². The Kier molecular flexibility index (Phi) is 5.95. The minimum atomic E-state index is -0.298. The molecule has 2 amide bonds. The maximum Gasteiger partial charge on any atom is 0.227 e. The van der Waals surface area contributed by atoms with E-state index in [1.165, 1.54) is 32.0 Å². The fourth-order valence-corrected chi connectivity index (χ4v) is 4.92. The summed E-state index contributed by atoms with van der Waals surface area (Å²) in [7, 11) is 0. The highest BCUT2D eigenvalue weighted by molar-refractivity contribution is 5.84. The van der Waals surface area contributed by atoms with Gasteiger partial charge in [0.1, 0.15) is 5.82 Å². The van der Waals surface area contributed by atoms with Crippen LogP contribution in [0.1, 0.15) is 44.1 Å². The molecule has 3 heterocycles. The molecule has 1 aromatic carbocycles. The molecule has 1 aromatic rings. The predicted molar refractivity (Wildman–Crippen MR) is 105 cm³/mol. The first-order chi connectivity index (χ1) is 13.6. The van der Waals surface area contributed by atoms with Crippen molar-refractivity contribution in [3.05, 3.63) is 35.6 Å². The first-order valence-corrected chi connectivity index (χ1v) is 10.7. The lowest BCUT2D eigenvalue weighted by atomic mass is 9.94. The quantitative estimate of drug-likeness (QED) is 0.798. The third-order valence-electron chi connectivity index (χ3n) is 6.60. The molecular weight excluding hydrogens is 357 g/mol. The minimum absolute atomic E-state index is 0.0139. The van der Waals surface area contributed by atoms with Gasteiger partial charge in [-0.3, -0.25) is 9.59 Å². The second-order valence-electron chi connectivity index (χ2n) is 8.40. The number of halogens is 1. The topological polar surface area (TPSA) is 43.9 Å². The summed E-state index contributed by atoms with van der Waals surface area (Å²) in [6, 6.07) is 7.17. The van der Waals surface area contributed by atoms with Gasteiger partial charge in [-0.05, 0) is 51.3 Å². The molecule has 0 N–H and O–H groups in total. The average molecular weight is 387 g/mol. The van der Waals surface area contributed by atoms with Gasteiger partial charge in [-0.1, -0.05) is 18.2 Å². The van der Waals surface area contributed by atoms with E-state index < -0.39 is 0 Å². The van der Waals surface area contributed by atoms with E-state index >= 15 is 0 Å². The summed E-state index contributed by atoms with van der Waals surface area (Å²) in [6.45, 7) is 4.68. The highest BCUT2D eigenvalue weighted by Crippen LogP contribution is 2.26. The van der Waals surface area contributed by atoms with E-state index in [9.17, 15) is 14.0 Å². The zero-order valence-electron chi connectivity index (χ0n) is 16.5. The van der Waals surface area contributed by atoms with Crippen molar-refractivity contribution < 1.29 is 14.0 Å². The molecule has 3 saturated heterocycles. The molecule has 0 spiro atoms. The van der Waals surface area contributed by atoms with E-state index in [1.54, 1.807) is 23.1 Å². The number of hydrogen-bond donors (Lipinski definition) is 0. The summed E-state index contributed by atoms with van der Waals surface area (Å²) in [5.74, 6) is -0.272. The van der Waals surface area contributed by atoms with Gasteiger partial charge in [0.25, 0.3) is 0 Å². The van der Waals surface area contributed by atoms with Gasteiger partial charge in [0.2, 0.25) is 11.8 Å². The smallest absolute Gasteiger partial charge is 0.227 e. The van der Waals surface area contributed by atoms with Crippen LogP contribution in [-0.4, -0.2) is 65.3 Å². The maximum atomic E-state index is 14.0. The van der Waals surface area contributed by atoms with Crippen LogP contribution in [0.15, 0.2) is 24.3 Å². The number of carbonyl (C=O) groups excluding carboxylic acids is 2. The summed E-state index contributed by atoms with van der Waals surface area (Å²) in [5, 5.41) is 0. The number of amides is 2. The molecule has 28 heavy (non-hydrogen) atoms. The highest BCUT2D eigenvalue weighted by atomic mass is 19.1. The molecule has 5 nitrogen and oxygen atoms in total. The van der Waals surface area contributed by atoms with E-state index in [0.717, 1.165) is 25.9 Å². The molecule has 0 aromatic heterocycles. The second kappa shape index (κ2) is 8.60. The zero-order chi connectivity index (χ0) is 19.5. The summed E-state index contributed by atoms with van der Waals surface area (Å²) < 4.78 is 14.0. The Bertz CT molecular complexity index is 711. The van der Waals surface area contributed by atoms with E-state index in [0.29, 0.717) is 31.0 Å². The maximum absolute atomic E-state index is 14.0. The Hall–Kier alpha value is -1.95. The number of rotatable bonds is 4. The molecule has 6 heteroatoms. The molecule has 3 fully saturated rings. The zero-order valence-corrected chi connectivity index (χ0v) is 16.5. The van der Waals surface area contributed by atoms with Crippen LogP contribution in [0.25, 0.3) is 0 Å². The Balaban J connectivity index is 1.33. The Morgan fingerprint density at radius 2 is 1.75 bits per heavy atom. The predicted octanol–water partition coefficient (Wildman–Crippen LogP) is 2.65. The Morgan fingerprint density at radius 1 is 1.04 bits per heavy atom. The van der Waals surface area contributed by atoms with Crippen LogP contribution in [0.3, 0.4) is 0 Å². The monoisotopic (exact) mass is 387 g/mol. The molecular formula is C22H30FN3O2. The van der Waals surface area contributed by atoms with Crippen molar-refractivity contribution in [1.29, 1.82) is 0 Å². The van der Waals surface area contributed by atoms with Crippen molar-refractivity contribution in [2.45, 2.75) is 51.1 Å². The number of likely N-dealkylation sites (tertiary alicyclic amines) is 3. The minimum Gasteiger partial charge on any atom is -0.342 e. The summed E-state index contributed by atoms with van der Waals surface area (Å²) in [5.41, 5.74) is 0.510. The van der Waals surface area contributed by atoms with Crippen LogP contribution in [0.4, 0.5) is 4.39 Å². The third-order valence-corrected chi connectivity index (χ3v) is 6.60. The molecule has 3 aliphatic rings. The lowest BCUT2D eigenvalue weighted by molar-refractivity contribution is -0.144. The molecule has 4 rings (SSSR count). The van der Waals surface area contributed by atoms with Crippen molar-refractivity contribution in [3.8, 4) is 0 Å². The van der Waals surface area contributed by atoms with Gasteiger partial charge < -0.3 is 14.7 Å². The molecule has 1 atom stereocenters. The lowest BCUT2D eigenvalue weighted by Gasteiger charge is -2.39. The van der Waals surface area contributed by atoms with Crippen LogP contribution < -0.4 is 0 Å². The van der Waals surface area contributed by atoms with E-state index in [1.807, 2.05) is 4.90 Å². The van der Waals surface area contributed by atoms with Crippen molar-refractivity contribution >= 4 is 11.8 Å². The number of benzene rings is 1. The molecule has 3 aliphatic heterocycles. The number of carbonyl (C=O) groups is 2. The standard InChI is InChI=1S/C22H30FN3O2/c23-20-6-2-1-5-17(20)15-26-16-18(7-8-21(26)27)22(28)25-13-9-19(10-14-25)24-11-3-4-12-24/h1-2,5-6,18-19H,3-4,7-16H2/t18-/m1/s1. The van der Waals surface area contributed by atoms with E-state index in [-0.39, 0.29) is 30.1 Å². The van der Waals surface area contributed by atoms with Gasteiger partial charge in [0.05, 0.1) is 5.92 Å². The summed E-state index contributed by atoms with van der Waals surface area (Å²) in [4.78, 5) is 31.6. The van der Waals surface area contributed by atoms with E-state index in [4.69, 9.17) is 0 Å². The molecule has 0 aliphatic carbocycles. The summed E-state index contributed by atoms with van der Waals surface area (Å²) >= 11 is 0. The lowest BCUT2D eigenvalue weighted by Crippen LogP contribution is -2.51. The highest BCUT2D eigenvalue weighted by Gasteiger charge is 2.35. The first kappa shape index (κ1) is 19.4. The van der Waals surface area contributed by atoms with Crippen molar-refractivity contribution in [2.24, 2.45) is 5.92 Å². The molecule has 0 bridgehead atoms. The van der Waals surface area contributed by atoms with Gasteiger partial charge in [-0.25, -0.2) is 4.39 Å². The van der Waals surface area contributed by atoms with Crippen LogP contribution in [0.5, 0.6) is 0 Å². The summed E-state index contributed by atoms with van der Waals surface area (Å²) in [6.07, 6.45) is 5.68. The van der Waals surface area contributed by atoms with Crippen LogP contribution in [0, 0.1) is 11.7 Å². The van der Waals surface area contributed by atoms with Crippen molar-refractivity contribution in [1.82, 2.24) is 14.7 Å². The first-order valence-electron chi connectivity index (χ1n) is 10.7. The van der Waals surface area contributed by atoms with Crippen LogP contribution in [0.2, 0.25) is 0 Å².